The van der Waals surface area contributed by atoms with Crippen LogP contribution >= 0.6 is 0 Å². The van der Waals surface area contributed by atoms with Crippen LogP contribution in [0.1, 0.15) is 64.5 Å². The average Bonchev–Trinajstić information content (AvgIpc) is 3.23. The lowest BCUT2D eigenvalue weighted by molar-refractivity contribution is -0.274. The Labute approximate surface area is 350 Å². The van der Waals surface area contributed by atoms with Gasteiger partial charge in [-0.2, -0.15) is 0 Å². The number of carbonyl (C=O) groups excluding carboxylic acids is 2. The van der Waals surface area contributed by atoms with Crippen molar-refractivity contribution in [2.24, 2.45) is 0 Å². The third-order valence-electron chi connectivity index (χ3n) is 8.29. The molecule has 13 heteroatoms. The second kappa shape index (κ2) is 27.1. The largest absolute Gasteiger partial charge is 0.573 e. The molecule has 0 aromatic heterocycles. The maximum absolute atomic E-state index is 12.7. The number of rotatable bonds is 23. The Morgan fingerprint density at radius 3 is 1.45 bits per heavy atom. The van der Waals surface area contributed by atoms with Gasteiger partial charge in [0.25, 0.3) is 0 Å². The first-order chi connectivity index (χ1) is 29.0. The Balaban J connectivity index is 0.000000323. The number of ether oxygens (including phenoxy) is 7. The molecule has 324 valence electrons. The Morgan fingerprint density at radius 2 is 1.00 bits per heavy atom. The number of carbonyl (C=O) groups is 2. The molecule has 0 fully saturated rings. The quantitative estimate of drug-likeness (QED) is 0.0439. The van der Waals surface area contributed by atoms with E-state index in [1.54, 1.807) is 50.3 Å². The number of aromatic hydroxyl groups is 1. The number of hydrogen-bond acceptors (Lipinski definition) is 10. The predicted octanol–water partition coefficient (Wildman–Crippen LogP) is 10.9. The number of benzene rings is 4. The van der Waals surface area contributed by atoms with Gasteiger partial charge in [-0.25, -0.2) is 9.59 Å². The van der Waals surface area contributed by atoms with Crippen LogP contribution in [0.4, 0.5) is 13.2 Å². The number of hydrogen-bond donors (Lipinski definition) is 1. The number of unbranched alkanes of at least 4 members (excludes halogenated alkanes) is 2. The molecule has 60 heavy (non-hydrogen) atoms. The van der Waals surface area contributed by atoms with E-state index in [-0.39, 0.29) is 17.9 Å². The van der Waals surface area contributed by atoms with E-state index in [0.717, 1.165) is 60.8 Å². The lowest BCUT2D eigenvalue weighted by Crippen LogP contribution is -2.17. The minimum atomic E-state index is -4.85. The van der Waals surface area contributed by atoms with Crippen LogP contribution in [0.15, 0.2) is 97.1 Å². The molecule has 0 radical (unpaired) electrons. The second-order valence-electron chi connectivity index (χ2n) is 12.9. The van der Waals surface area contributed by atoms with Gasteiger partial charge in [0, 0.05) is 36.5 Å². The molecule has 4 aromatic rings. The zero-order valence-electron chi connectivity index (χ0n) is 34.6. The summed E-state index contributed by atoms with van der Waals surface area (Å²) >= 11 is 0. The van der Waals surface area contributed by atoms with Crippen LogP contribution < -0.4 is 14.2 Å². The van der Waals surface area contributed by atoms with Crippen molar-refractivity contribution in [3.63, 3.8) is 0 Å². The van der Waals surface area contributed by atoms with Crippen LogP contribution in [-0.4, -0.2) is 76.3 Å². The Morgan fingerprint density at radius 1 is 0.567 bits per heavy atom. The standard InChI is InChI=1S/C24H27F3O5.C23H28O5/c1-3-5-14-29-15-16-31-21-10-6-18(7-11-21)19-8-12-22(32-24(25,26)27)20(17-19)9-13-23(28)30-4-2;1-3-5-14-26-15-16-28-21-10-6-18(7-11-21)19-8-12-22(24)20(17-19)9-13-23(25)27-4-2/h6-13,17H,3-5,14-16H2,1-2H3;6-13,17,24H,3-5,14-16H2,1-2H3/b2*13-9+. The maximum Gasteiger partial charge on any atom is 0.573 e. The van der Waals surface area contributed by atoms with Gasteiger partial charge in [-0.05, 0) is 110 Å². The fraction of sp³-hybridized carbons (Fsp3) is 0.362. The molecule has 0 aliphatic rings. The van der Waals surface area contributed by atoms with Gasteiger partial charge < -0.3 is 38.3 Å². The van der Waals surface area contributed by atoms with Crippen LogP contribution in [0.5, 0.6) is 23.0 Å². The molecule has 0 bridgehead atoms. The molecule has 10 nitrogen and oxygen atoms in total. The maximum atomic E-state index is 12.7. The van der Waals surface area contributed by atoms with E-state index >= 15 is 0 Å². The van der Waals surface area contributed by atoms with Crippen molar-refractivity contribution in [2.75, 3.05) is 52.9 Å². The summed E-state index contributed by atoms with van der Waals surface area (Å²) in [4.78, 5) is 23.0. The van der Waals surface area contributed by atoms with E-state index in [0.29, 0.717) is 56.5 Å². The first kappa shape index (κ1) is 48.6. The van der Waals surface area contributed by atoms with Crippen molar-refractivity contribution in [1.82, 2.24) is 0 Å². The van der Waals surface area contributed by atoms with Crippen molar-refractivity contribution in [3.05, 3.63) is 108 Å². The summed E-state index contributed by atoms with van der Waals surface area (Å²) in [7, 11) is 0. The lowest BCUT2D eigenvalue weighted by Gasteiger charge is -2.13. The van der Waals surface area contributed by atoms with Gasteiger partial charge in [0.15, 0.2) is 0 Å². The molecule has 0 unspecified atom stereocenters. The van der Waals surface area contributed by atoms with Crippen molar-refractivity contribution in [1.29, 1.82) is 0 Å². The molecule has 0 amide bonds. The molecule has 4 rings (SSSR count). The van der Waals surface area contributed by atoms with Crippen molar-refractivity contribution < 1.29 is 61.0 Å². The third kappa shape index (κ3) is 18.9. The zero-order valence-corrected chi connectivity index (χ0v) is 34.6. The van der Waals surface area contributed by atoms with Gasteiger partial charge in [0.05, 0.1) is 26.4 Å². The Hall–Kier alpha value is -5.79. The second-order valence-corrected chi connectivity index (χ2v) is 12.9. The number of phenolic OH excluding ortho intramolecular Hbond substituents is 1. The molecule has 0 aliphatic heterocycles. The van der Waals surface area contributed by atoms with Gasteiger partial charge in [0.1, 0.15) is 36.2 Å². The fourth-order valence-electron chi connectivity index (χ4n) is 5.26. The number of halogens is 3. The van der Waals surface area contributed by atoms with E-state index in [4.69, 9.17) is 28.4 Å². The third-order valence-corrected chi connectivity index (χ3v) is 8.29. The van der Waals surface area contributed by atoms with Crippen LogP contribution in [0.2, 0.25) is 0 Å². The topological polar surface area (TPSA) is 119 Å². The molecular weight excluding hydrogens is 782 g/mol. The summed E-state index contributed by atoms with van der Waals surface area (Å²) in [6.45, 7) is 11.6. The van der Waals surface area contributed by atoms with Crippen LogP contribution in [0.25, 0.3) is 34.4 Å². The fourth-order valence-corrected chi connectivity index (χ4v) is 5.26. The Bertz CT molecular complexity index is 1920. The zero-order chi connectivity index (χ0) is 43.6. The summed E-state index contributed by atoms with van der Waals surface area (Å²) in [6, 6.07) is 24.4. The monoisotopic (exact) mass is 836 g/mol. The first-order valence-electron chi connectivity index (χ1n) is 20.0. The molecular formula is C47H55F3O10. The normalized spacial score (nSPS) is 11.2. The first-order valence-corrected chi connectivity index (χ1v) is 20.0. The van der Waals surface area contributed by atoms with E-state index < -0.39 is 24.1 Å². The van der Waals surface area contributed by atoms with Crippen molar-refractivity contribution in [2.45, 2.75) is 59.7 Å². The molecule has 1 N–H and O–H groups in total. The van der Waals surface area contributed by atoms with Gasteiger partial charge in [-0.3, -0.25) is 0 Å². The molecule has 0 saturated carbocycles. The molecule has 4 aromatic carbocycles. The molecule has 0 saturated heterocycles. The minimum Gasteiger partial charge on any atom is -0.507 e. The van der Waals surface area contributed by atoms with Gasteiger partial charge in [-0.15, -0.1) is 13.2 Å². The number of phenols is 1. The molecule has 0 aliphatic carbocycles. The van der Waals surface area contributed by atoms with Gasteiger partial charge in [-0.1, -0.05) is 63.1 Å². The number of esters is 2. The van der Waals surface area contributed by atoms with Crippen molar-refractivity contribution >= 4 is 24.1 Å². The highest BCUT2D eigenvalue weighted by molar-refractivity contribution is 5.89. The summed E-state index contributed by atoms with van der Waals surface area (Å²) in [5, 5.41) is 10.0. The van der Waals surface area contributed by atoms with E-state index in [1.165, 1.54) is 30.4 Å². The molecule has 0 heterocycles. The van der Waals surface area contributed by atoms with E-state index in [9.17, 15) is 27.9 Å². The highest BCUT2D eigenvalue weighted by Crippen LogP contribution is 2.33. The van der Waals surface area contributed by atoms with Crippen LogP contribution in [0.3, 0.4) is 0 Å². The summed E-state index contributed by atoms with van der Waals surface area (Å²) in [5.41, 5.74) is 3.97. The summed E-state index contributed by atoms with van der Waals surface area (Å²) in [5.74, 6) is 0.0389. The van der Waals surface area contributed by atoms with Gasteiger partial charge in [0.2, 0.25) is 0 Å². The van der Waals surface area contributed by atoms with Crippen LogP contribution in [0, 0.1) is 0 Å². The molecule has 0 spiro atoms. The number of alkyl halides is 3. The Kier molecular flexibility index (Phi) is 21.9. The summed E-state index contributed by atoms with van der Waals surface area (Å²) < 4.78 is 74.2. The minimum absolute atomic E-state index is 0.0948. The highest BCUT2D eigenvalue weighted by Gasteiger charge is 2.32. The lowest BCUT2D eigenvalue weighted by atomic mass is 10.0. The van der Waals surface area contributed by atoms with Crippen molar-refractivity contribution in [3.8, 4) is 45.3 Å². The highest BCUT2D eigenvalue weighted by atomic mass is 19.4. The predicted molar refractivity (Wildman–Crippen MR) is 226 cm³/mol. The molecule has 0 atom stereocenters. The van der Waals surface area contributed by atoms with E-state index in [2.05, 4.69) is 18.6 Å². The van der Waals surface area contributed by atoms with Crippen LogP contribution in [-0.2, 0) is 28.5 Å². The average molecular weight is 837 g/mol. The van der Waals surface area contributed by atoms with E-state index in [1.807, 2.05) is 36.4 Å². The summed E-state index contributed by atoms with van der Waals surface area (Å²) in [6.07, 6.45) is 4.58. The SMILES string of the molecule is CCCCOCCOc1ccc(-c2ccc(O)c(/C=C/C(=O)OCC)c2)cc1.CCCCOCCOc1ccc(-c2ccc(OC(F)(F)F)c(/C=C/C(=O)OCC)c2)cc1. The van der Waals surface area contributed by atoms with Gasteiger partial charge >= 0.3 is 18.3 Å². The smallest absolute Gasteiger partial charge is 0.507 e.